The number of fused-ring (bicyclic) bond motifs is 2. The minimum atomic E-state index is -0.523. The van der Waals surface area contributed by atoms with Crippen LogP contribution in [-0.4, -0.2) is 41.5 Å². The van der Waals surface area contributed by atoms with Crippen molar-refractivity contribution in [3.63, 3.8) is 0 Å². The van der Waals surface area contributed by atoms with Crippen molar-refractivity contribution in [1.29, 1.82) is 0 Å². The largest absolute Gasteiger partial charge is 0.452 e. The van der Waals surface area contributed by atoms with Gasteiger partial charge < -0.3 is 10.1 Å². The number of pyridine rings is 1. The van der Waals surface area contributed by atoms with E-state index < -0.39 is 11.9 Å². The Bertz CT molecular complexity index is 1120. The maximum absolute atomic E-state index is 13.1. The number of para-hydroxylation sites is 1. The van der Waals surface area contributed by atoms with E-state index in [1.807, 2.05) is 24.3 Å². The number of hydrogen-bond donors (Lipinski definition) is 1. The first-order valence-corrected chi connectivity index (χ1v) is 10.4. The Balaban J connectivity index is 1.49. The second-order valence-corrected chi connectivity index (χ2v) is 7.53. The van der Waals surface area contributed by atoms with Crippen molar-refractivity contribution in [2.24, 2.45) is 0 Å². The van der Waals surface area contributed by atoms with Crippen LogP contribution in [0.15, 0.2) is 48.5 Å². The second-order valence-electron chi connectivity index (χ2n) is 7.53. The molecule has 0 atom stereocenters. The van der Waals surface area contributed by atoms with Gasteiger partial charge in [-0.3, -0.25) is 14.7 Å². The Kier molecular flexibility index (Phi) is 6.23. The molecule has 0 saturated heterocycles. The molecular weight excluding hydrogens is 397 g/mol. The number of nitrogens with one attached hydrogen (secondary N) is 1. The second kappa shape index (κ2) is 9.22. The summed E-state index contributed by atoms with van der Waals surface area (Å²) in [5, 5.41) is 3.41. The molecule has 160 valence electrons. The van der Waals surface area contributed by atoms with Crippen LogP contribution in [0.1, 0.15) is 34.1 Å². The molecule has 6 nitrogen and oxygen atoms in total. The molecule has 2 heterocycles. The number of amides is 1. The van der Waals surface area contributed by atoms with Crippen LogP contribution < -0.4 is 5.32 Å². The number of esters is 1. The Morgan fingerprint density at radius 3 is 2.71 bits per heavy atom. The number of carbonyl (C=O) groups is 2. The molecular formula is C24H24FN3O3. The van der Waals surface area contributed by atoms with Gasteiger partial charge in [0, 0.05) is 42.7 Å². The predicted molar refractivity (Wildman–Crippen MR) is 115 cm³/mol. The summed E-state index contributed by atoms with van der Waals surface area (Å²) in [5.41, 5.74) is 3.79. The van der Waals surface area contributed by atoms with Crippen molar-refractivity contribution in [1.82, 2.24) is 15.2 Å². The maximum atomic E-state index is 13.1. The van der Waals surface area contributed by atoms with Gasteiger partial charge in [-0.25, -0.2) is 9.18 Å². The highest BCUT2D eigenvalue weighted by molar-refractivity contribution is 6.05. The molecule has 1 aliphatic heterocycles. The molecule has 3 aromatic rings. The van der Waals surface area contributed by atoms with Gasteiger partial charge in [0.25, 0.3) is 5.91 Å². The van der Waals surface area contributed by atoms with Crippen LogP contribution in [0, 0.1) is 5.82 Å². The van der Waals surface area contributed by atoms with E-state index in [9.17, 15) is 14.0 Å². The van der Waals surface area contributed by atoms with Gasteiger partial charge in [0.15, 0.2) is 6.61 Å². The van der Waals surface area contributed by atoms with Crippen LogP contribution in [0.4, 0.5) is 4.39 Å². The number of aromatic nitrogens is 1. The van der Waals surface area contributed by atoms with Crippen LogP contribution in [-0.2, 0) is 29.0 Å². The van der Waals surface area contributed by atoms with Crippen LogP contribution in [0.25, 0.3) is 10.9 Å². The maximum Gasteiger partial charge on any atom is 0.339 e. The number of benzene rings is 2. The highest BCUT2D eigenvalue weighted by Gasteiger charge is 2.26. The molecule has 1 aromatic heterocycles. The summed E-state index contributed by atoms with van der Waals surface area (Å²) in [6, 6.07) is 13.3. The number of hydrogen-bond acceptors (Lipinski definition) is 5. The van der Waals surface area contributed by atoms with Gasteiger partial charge in [-0.1, -0.05) is 37.3 Å². The van der Waals surface area contributed by atoms with Crippen LogP contribution in [0.3, 0.4) is 0 Å². The summed E-state index contributed by atoms with van der Waals surface area (Å²) < 4.78 is 18.4. The quantitative estimate of drug-likeness (QED) is 0.619. The Hall–Kier alpha value is -3.32. The van der Waals surface area contributed by atoms with E-state index in [1.54, 1.807) is 12.1 Å². The first-order chi connectivity index (χ1) is 15.0. The topological polar surface area (TPSA) is 71.5 Å². The third-order valence-corrected chi connectivity index (χ3v) is 5.51. The predicted octanol–water partition coefficient (Wildman–Crippen LogP) is 3.23. The van der Waals surface area contributed by atoms with Crippen LogP contribution >= 0.6 is 0 Å². The fourth-order valence-electron chi connectivity index (χ4n) is 3.81. The van der Waals surface area contributed by atoms with Crippen LogP contribution in [0.5, 0.6) is 0 Å². The third kappa shape index (κ3) is 4.72. The van der Waals surface area contributed by atoms with Gasteiger partial charge in [0.05, 0.1) is 11.1 Å². The van der Waals surface area contributed by atoms with E-state index in [-0.39, 0.29) is 19.0 Å². The van der Waals surface area contributed by atoms with Gasteiger partial charge in [0.2, 0.25) is 0 Å². The minimum absolute atomic E-state index is 0.232. The Labute approximate surface area is 180 Å². The number of ether oxygens (including phenoxy) is 1. The molecule has 0 bridgehead atoms. The fourth-order valence-corrected chi connectivity index (χ4v) is 3.81. The van der Waals surface area contributed by atoms with Crippen molar-refractivity contribution in [3.8, 4) is 0 Å². The highest BCUT2D eigenvalue weighted by Crippen LogP contribution is 2.28. The molecule has 0 spiro atoms. The van der Waals surface area contributed by atoms with Gasteiger partial charge >= 0.3 is 5.97 Å². The van der Waals surface area contributed by atoms with E-state index in [0.29, 0.717) is 12.1 Å². The van der Waals surface area contributed by atoms with Gasteiger partial charge in [-0.05, 0) is 30.3 Å². The van der Waals surface area contributed by atoms with E-state index in [0.717, 1.165) is 47.2 Å². The molecule has 0 saturated carbocycles. The summed E-state index contributed by atoms with van der Waals surface area (Å²) in [6.07, 6.45) is 0.770. The first kappa shape index (κ1) is 20.9. The zero-order valence-electron chi connectivity index (χ0n) is 17.4. The lowest BCUT2D eigenvalue weighted by Crippen LogP contribution is -2.33. The zero-order valence-corrected chi connectivity index (χ0v) is 17.4. The van der Waals surface area contributed by atoms with Gasteiger partial charge in [-0.2, -0.15) is 0 Å². The number of likely N-dealkylation sites (N-methyl/N-ethyl adjacent to an activating group) is 1. The monoisotopic (exact) mass is 421 g/mol. The Morgan fingerprint density at radius 2 is 1.94 bits per heavy atom. The molecule has 0 fully saturated rings. The van der Waals surface area contributed by atoms with Crippen molar-refractivity contribution in [2.45, 2.75) is 26.4 Å². The lowest BCUT2D eigenvalue weighted by Gasteiger charge is -2.28. The van der Waals surface area contributed by atoms with Crippen molar-refractivity contribution < 1.29 is 18.7 Å². The normalized spacial score (nSPS) is 13.6. The summed E-state index contributed by atoms with van der Waals surface area (Å²) in [6.45, 7) is 4.34. The molecule has 2 aromatic carbocycles. The van der Waals surface area contributed by atoms with Crippen molar-refractivity contribution in [3.05, 3.63) is 76.7 Å². The number of carbonyl (C=O) groups excluding carboxylic acids is 2. The summed E-state index contributed by atoms with van der Waals surface area (Å²) in [5.74, 6) is -1.27. The summed E-state index contributed by atoms with van der Waals surface area (Å²) in [4.78, 5) is 32.2. The SMILES string of the molecule is CCN1CCc2nc3ccccc3c(C(=O)OCC(=O)NCc3ccc(F)cc3)c2C1. The van der Waals surface area contributed by atoms with E-state index in [4.69, 9.17) is 9.72 Å². The minimum Gasteiger partial charge on any atom is -0.452 e. The Morgan fingerprint density at radius 1 is 1.16 bits per heavy atom. The van der Waals surface area contributed by atoms with E-state index in [1.165, 1.54) is 12.1 Å². The molecule has 1 amide bonds. The molecule has 0 unspecified atom stereocenters. The molecule has 0 radical (unpaired) electrons. The number of nitrogens with zero attached hydrogens (tertiary/aromatic N) is 2. The average molecular weight is 421 g/mol. The smallest absolute Gasteiger partial charge is 0.339 e. The molecule has 4 rings (SSSR count). The van der Waals surface area contributed by atoms with E-state index >= 15 is 0 Å². The summed E-state index contributed by atoms with van der Waals surface area (Å²) >= 11 is 0. The zero-order chi connectivity index (χ0) is 21.8. The van der Waals surface area contributed by atoms with Crippen LogP contribution in [0.2, 0.25) is 0 Å². The molecule has 31 heavy (non-hydrogen) atoms. The van der Waals surface area contributed by atoms with Crippen molar-refractivity contribution in [2.75, 3.05) is 19.7 Å². The lowest BCUT2D eigenvalue weighted by atomic mass is 9.96. The van der Waals surface area contributed by atoms with Gasteiger partial charge in [0.1, 0.15) is 5.82 Å². The fraction of sp³-hybridized carbons (Fsp3) is 0.292. The highest BCUT2D eigenvalue weighted by atomic mass is 19.1. The van der Waals surface area contributed by atoms with Gasteiger partial charge in [-0.15, -0.1) is 0 Å². The van der Waals surface area contributed by atoms with E-state index in [2.05, 4.69) is 17.1 Å². The first-order valence-electron chi connectivity index (χ1n) is 10.4. The third-order valence-electron chi connectivity index (χ3n) is 5.51. The molecule has 1 aliphatic rings. The average Bonchev–Trinajstić information content (AvgIpc) is 2.80. The lowest BCUT2D eigenvalue weighted by molar-refractivity contribution is -0.124. The standard InChI is InChI=1S/C24H24FN3O3/c1-2-28-12-11-21-19(14-28)23(18-5-3-4-6-20(18)27-21)24(30)31-15-22(29)26-13-16-7-9-17(25)10-8-16/h3-10H,2,11-15H2,1H3,(H,26,29). The molecule has 0 aliphatic carbocycles. The molecule has 1 N–H and O–H groups in total. The summed E-state index contributed by atoms with van der Waals surface area (Å²) in [7, 11) is 0. The number of rotatable bonds is 6. The van der Waals surface area contributed by atoms with Crippen molar-refractivity contribution >= 4 is 22.8 Å². The number of halogens is 1. The molecule has 7 heteroatoms.